The van der Waals surface area contributed by atoms with Gasteiger partial charge in [0.1, 0.15) is 5.92 Å². The lowest BCUT2D eigenvalue weighted by atomic mass is 9.97. The number of hydrogen-bond donors (Lipinski definition) is 0. The van der Waals surface area contributed by atoms with Crippen LogP contribution in [0.25, 0.3) is 0 Å². The molecular weight excluding hydrogens is 172 g/mol. The fourth-order valence-electron chi connectivity index (χ4n) is 1.41. The molecule has 14 heavy (non-hydrogen) atoms. The minimum atomic E-state index is -0.531. The van der Waals surface area contributed by atoms with E-state index in [1.54, 1.807) is 0 Å². The summed E-state index contributed by atoms with van der Waals surface area (Å²) in [5.41, 5.74) is 3.45. The Bertz CT molecular complexity index is 393. The molecule has 2 nitrogen and oxygen atoms in total. The van der Waals surface area contributed by atoms with Gasteiger partial charge in [-0.2, -0.15) is 10.5 Å². The van der Waals surface area contributed by atoms with Crippen LogP contribution in [-0.4, -0.2) is 0 Å². The predicted octanol–water partition coefficient (Wildman–Crippen LogP) is 2.51. The molecule has 0 bridgehead atoms. The van der Waals surface area contributed by atoms with Gasteiger partial charge in [0, 0.05) is 6.42 Å². The number of nitrogens with zero attached hydrogens (tertiary/aromatic N) is 2. The molecule has 1 aromatic carbocycles. The zero-order valence-electron chi connectivity index (χ0n) is 8.41. The highest BCUT2D eigenvalue weighted by atomic mass is 14.3. The lowest BCUT2D eigenvalue weighted by Gasteiger charge is -2.06. The van der Waals surface area contributed by atoms with E-state index in [1.807, 2.05) is 38.1 Å². The topological polar surface area (TPSA) is 47.6 Å². The van der Waals surface area contributed by atoms with Gasteiger partial charge in [-0.25, -0.2) is 0 Å². The Kier molecular flexibility index (Phi) is 3.26. The smallest absolute Gasteiger partial charge is 0.137 e. The van der Waals surface area contributed by atoms with Gasteiger partial charge >= 0.3 is 0 Å². The maximum absolute atomic E-state index is 8.66. The van der Waals surface area contributed by atoms with Crippen LogP contribution >= 0.6 is 0 Å². The molecule has 0 atom stereocenters. The first-order chi connectivity index (χ1) is 6.67. The number of rotatable bonds is 2. The van der Waals surface area contributed by atoms with Crippen molar-refractivity contribution in [2.75, 3.05) is 0 Å². The van der Waals surface area contributed by atoms with Gasteiger partial charge in [-0.3, -0.25) is 0 Å². The molecule has 0 radical (unpaired) electrons. The largest absolute Gasteiger partial charge is 0.197 e. The Balaban J connectivity index is 2.89. The molecule has 0 saturated carbocycles. The molecule has 70 valence electrons. The Morgan fingerprint density at radius 1 is 1.21 bits per heavy atom. The van der Waals surface area contributed by atoms with E-state index < -0.39 is 5.92 Å². The molecule has 0 unspecified atom stereocenters. The zero-order valence-corrected chi connectivity index (χ0v) is 8.41. The third-order valence-corrected chi connectivity index (χ3v) is 2.23. The third kappa shape index (κ3) is 2.34. The first-order valence-corrected chi connectivity index (χ1v) is 4.52. The summed E-state index contributed by atoms with van der Waals surface area (Å²) in [6, 6.07) is 10.0. The van der Waals surface area contributed by atoms with Gasteiger partial charge in [0.25, 0.3) is 0 Å². The summed E-state index contributed by atoms with van der Waals surface area (Å²) in [6.07, 6.45) is 0.527. The van der Waals surface area contributed by atoms with Crippen LogP contribution in [0.15, 0.2) is 18.2 Å². The molecule has 0 N–H and O–H groups in total. The summed E-state index contributed by atoms with van der Waals surface area (Å²) in [7, 11) is 0. The van der Waals surface area contributed by atoms with Gasteiger partial charge in [0.2, 0.25) is 0 Å². The Morgan fingerprint density at radius 3 is 2.36 bits per heavy atom. The highest BCUT2D eigenvalue weighted by Gasteiger charge is 2.08. The maximum atomic E-state index is 8.66. The van der Waals surface area contributed by atoms with E-state index in [0.717, 1.165) is 11.1 Å². The van der Waals surface area contributed by atoms with Crippen molar-refractivity contribution >= 4 is 0 Å². The van der Waals surface area contributed by atoms with Crippen molar-refractivity contribution in [1.29, 1.82) is 10.5 Å². The van der Waals surface area contributed by atoms with Crippen LogP contribution in [0.2, 0.25) is 0 Å². The van der Waals surface area contributed by atoms with E-state index in [0.29, 0.717) is 6.42 Å². The van der Waals surface area contributed by atoms with E-state index in [9.17, 15) is 0 Å². The van der Waals surface area contributed by atoms with E-state index in [4.69, 9.17) is 10.5 Å². The molecule has 0 saturated heterocycles. The van der Waals surface area contributed by atoms with Crippen molar-refractivity contribution in [3.63, 3.8) is 0 Å². The lowest BCUT2D eigenvalue weighted by molar-refractivity contribution is 0.827. The minimum Gasteiger partial charge on any atom is -0.197 e. The highest BCUT2D eigenvalue weighted by Crippen LogP contribution is 2.14. The van der Waals surface area contributed by atoms with Crippen molar-refractivity contribution in [3.8, 4) is 12.1 Å². The van der Waals surface area contributed by atoms with E-state index in [1.165, 1.54) is 5.56 Å². The van der Waals surface area contributed by atoms with Crippen LogP contribution in [0.1, 0.15) is 16.7 Å². The van der Waals surface area contributed by atoms with Gasteiger partial charge in [-0.05, 0) is 25.0 Å². The van der Waals surface area contributed by atoms with Crippen LogP contribution in [0.4, 0.5) is 0 Å². The molecule has 0 amide bonds. The van der Waals surface area contributed by atoms with Crippen LogP contribution < -0.4 is 0 Å². The van der Waals surface area contributed by atoms with Crippen LogP contribution in [0.3, 0.4) is 0 Å². The van der Waals surface area contributed by atoms with E-state index in [-0.39, 0.29) is 0 Å². The summed E-state index contributed by atoms with van der Waals surface area (Å²) in [5.74, 6) is -0.531. The van der Waals surface area contributed by atoms with Crippen molar-refractivity contribution in [2.45, 2.75) is 20.3 Å². The van der Waals surface area contributed by atoms with E-state index >= 15 is 0 Å². The number of hydrogen-bond acceptors (Lipinski definition) is 2. The summed E-state index contributed by atoms with van der Waals surface area (Å²) >= 11 is 0. The molecule has 0 aliphatic carbocycles. The predicted molar refractivity (Wildman–Crippen MR) is 54.3 cm³/mol. The molecule has 1 aromatic rings. The standard InChI is InChI=1S/C12H12N2/c1-9-3-4-12(10(2)5-9)6-11(7-13)8-14/h3-5,11H,6H2,1-2H3. The zero-order chi connectivity index (χ0) is 10.6. The van der Waals surface area contributed by atoms with Gasteiger partial charge in [-0.15, -0.1) is 0 Å². The SMILES string of the molecule is Cc1ccc(CC(C#N)C#N)c(C)c1. The summed E-state index contributed by atoms with van der Waals surface area (Å²) < 4.78 is 0. The Labute approximate surface area is 84.4 Å². The van der Waals surface area contributed by atoms with Crippen LogP contribution in [-0.2, 0) is 6.42 Å². The first-order valence-electron chi connectivity index (χ1n) is 4.52. The lowest BCUT2D eigenvalue weighted by Crippen LogP contribution is -2.00. The highest BCUT2D eigenvalue weighted by molar-refractivity contribution is 5.31. The molecule has 0 heterocycles. The van der Waals surface area contributed by atoms with Gasteiger partial charge in [0.15, 0.2) is 0 Å². The minimum absolute atomic E-state index is 0.527. The maximum Gasteiger partial charge on any atom is 0.137 e. The number of benzene rings is 1. The Morgan fingerprint density at radius 2 is 1.86 bits per heavy atom. The molecule has 0 aliphatic rings. The van der Waals surface area contributed by atoms with Crippen molar-refractivity contribution in [1.82, 2.24) is 0 Å². The fraction of sp³-hybridized carbons (Fsp3) is 0.333. The monoisotopic (exact) mass is 184 g/mol. The number of aryl methyl sites for hydroxylation is 2. The molecule has 0 fully saturated rings. The average molecular weight is 184 g/mol. The second-order valence-electron chi connectivity index (χ2n) is 3.44. The molecule has 1 rings (SSSR count). The molecule has 0 aliphatic heterocycles. The molecule has 0 aromatic heterocycles. The van der Waals surface area contributed by atoms with Crippen molar-refractivity contribution in [3.05, 3.63) is 34.9 Å². The summed E-state index contributed by atoms with van der Waals surface area (Å²) in [5, 5.41) is 17.3. The second-order valence-corrected chi connectivity index (χ2v) is 3.44. The molecule has 0 spiro atoms. The summed E-state index contributed by atoms with van der Waals surface area (Å²) in [6.45, 7) is 4.04. The Hall–Kier alpha value is -1.80. The van der Waals surface area contributed by atoms with Gasteiger partial charge in [-0.1, -0.05) is 23.8 Å². The van der Waals surface area contributed by atoms with E-state index in [2.05, 4.69) is 6.07 Å². The quantitative estimate of drug-likeness (QED) is 0.709. The normalized spacial score (nSPS) is 9.50. The average Bonchev–Trinajstić information content (AvgIpc) is 2.17. The van der Waals surface area contributed by atoms with Crippen molar-refractivity contribution < 1.29 is 0 Å². The first kappa shape index (κ1) is 10.3. The van der Waals surface area contributed by atoms with Gasteiger partial charge < -0.3 is 0 Å². The van der Waals surface area contributed by atoms with Gasteiger partial charge in [0.05, 0.1) is 12.1 Å². The van der Waals surface area contributed by atoms with Crippen molar-refractivity contribution in [2.24, 2.45) is 5.92 Å². The third-order valence-electron chi connectivity index (χ3n) is 2.23. The molecular formula is C12H12N2. The van der Waals surface area contributed by atoms with Crippen LogP contribution in [0.5, 0.6) is 0 Å². The van der Waals surface area contributed by atoms with Crippen LogP contribution in [0, 0.1) is 42.4 Å². The summed E-state index contributed by atoms with van der Waals surface area (Å²) in [4.78, 5) is 0. The second kappa shape index (κ2) is 4.44. The fourth-order valence-corrected chi connectivity index (χ4v) is 1.41. The molecule has 2 heteroatoms. The number of nitriles is 2.